The first-order chi connectivity index (χ1) is 12.6. The average molecular weight is 370 g/mol. The standard InChI is InChI=1S/C19H20ClN5O/c1-12-4-7-16(13-5-6-15(20)17(10-13)26-3)23-25(12)19-14-8-9-24(2)18(14)21-11-22-19/h5-6,8-12H,4,7H2,1-3H3. The predicted molar refractivity (Wildman–Crippen MR) is 104 cm³/mol. The summed E-state index contributed by atoms with van der Waals surface area (Å²) >= 11 is 6.16. The highest BCUT2D eigenvalue weighted by molar-refractivity contribution is 6.32. The average Bonchev–Trinajstić information content (AvgIpc) is 3.04. The number of aryl methyl sites for hydroxylation is 1. The summed E-state index contributed by atoms with van der Waals surface area (Å²) in [5, 5.41) is 8.52. The summed E-state index contributed by atoms with van der Waals surface area (Å²) in [6.07, 6.45) is 5.47. The maximum Gasteiger partial charge on any atom is 0.161 e. The van der Waals surface area contributed by atoms with Crippen molar-refractivity contribution in [3.05, 3.63) is 47.4 Å². The van der Waals surface area contributed by atoms with Crippen molar-refractivity contribution in [2.45, 2.75) is 25.8 Å². The van der Waals surface area contributed by atoms with E-state index in [2.05, 4.69) is 16.9 Å². The number of hydrogen-bond donors (Lipinski definition) is 0. The Hall–Kier alpha value is -2.60. The van der Waals surface area contributed by atoms with Gasteiger partial charge in [0.15, 0.2) is 5.82 Å². The van der Waals surface area contributed by atoms with Crippen LogP contribution in [0.5, 0.6) is 5.75 Å². The molecule has 0 spiro atoms. The lowest BCUT2D eigenvalue weighted by molar-refractivity contribution is 0.415. The van der Waals surface area contributed by atoms with Crippen LogP contribution in [0, 0.1) is 0 Å². The molecule has 0 aliphatic carbocycles. The van der Waals surface area contributed by atoms with Crippen molar-refractivity contribution < 1.29 is 4.74 Å². The van der Waals surface area contributed by atoms with E-state index in [-0.39, 0.29) is 6.04 Å². The van der Waals surface area contributed by atoms with Crippen LogP contribution in [-0.2, 0) is 7.05 Å². The van der Waals surface area contributed by atoms with Crippen LogP contribution in [0.3, 0.4) is 0 Å². The highest BCUT2D eigenvalue weighted by atomic mass is 35.5. The summed E-state index contributed by atoms with van der Waals surface area (Å²) in [7, 11) is 3.60. The molecule has 3 aromatic rings. The van der Waals surface area contributed by atoms with Gasteiger partial charge in [0.2, 0.25) is 0 Å². The number of methoxy groups -OCH3 is 1. The minimum Gasteiger partial charge on any atom is -0.495 e. The first-order valence-electron chi connectivity index (χ1n) is 8.55. The molecule has 6 nitrogen and oxygen atoms in total. The van der Waals surface area contributed by atoms with Gasteiger partial charge in [-0.2, -0.15) is 5.10 Å². The van der Waals surface area contributed by atoms with Crippen molar-refractivity contribution in [3.63, 3.8) is 0 Å². The first kappa shape index (κ1) is 16.8. The molecule has 0 radical (unpaired) electrons. The van der Waals surface area contributed by atoms with Gasteiger partial charge in [-0.1, -0.05) is 17.7 Å². The Morgan fingerprint density at radius 3 is 2.88 bits per heavy atom. The van der Waals surface area contributed by atoms with Gasteiger partial charge in [0.1, 0.15) is 17.7 Å². The van der Waals surface area contributed by atoms with Crippen LogP contribution in [0.4, 0.5) is 5.82 Å². The Kier molecular flexibility index (Phi) is 4.28. The Morgan fingerprint density at radius 1 is 1.23 bits per heavy atom. The summed E-state index contributed by atoms with van der Waals surface area (Å²) in [4.78, 5) is 8.90. The molecule has 134 valence electrons. The van der Waals surface area contributed by atoms with E-state index in [4.69, 9.17) is 21.4 Å². The van der Waals surface area contributed by atoms with Gasteiger partial charge in [-0.3, -0.25) is 0 Å². The van der Waals surface area contributed by atoms with Gasteiger partial charge in [0, 0.05) is 18.8 Å². The quantitative estimate of drug-likeness (QED) is 0.699. The van der Waals surface area contributed by atoms with E-state index in [1.54, 1.807) is 13.4 Å². The fraction of sp³-hybridized carbons (Fsp3) is 0.316. The molecule has 1 aromatic carbocycles. The number of hydrazone groups is 1. The third kappa shape index (κ3) is 2.80. The molecule has 2 aromatic heterocycles. The van der Waals surface area contributed by atoms with Gasteiger partial charge in [0.05, 0.1) is 29.3 Å². The van der Waals surface area contributed by atoms with Crippen molar-refractivity contribution in [1.82, 2.24) is 14.5 Å². The van der Waals surface area contributed by atoms with Crippen molar-refractivity contribution >= 4 is 34.2 Å². The van der Waals surface area contributed by atoms with Crippen molar-refractivity contribution in [2.75, 3.05) is 12.1 Å². The number of fused-ring (bicyclic) bond motifs is 1. The summed E-state index contributed by atoms with van der Waals surface area (Å²) in [5.74, 6) is 1.49. The second-order valence-corrected chi connectivity index (χ2v) is 6.90. The Balaban J connectivity index is 1.79. The number of halogens is 1. The highest BCUT2D eigenvalue weighted by Gasteiger charge is 2.25. The maximum atomic E-state index is 6.16. The number of hydrogen-bond acceptors (Lipinski definition) is 5. The molecular weight excluding hydrogens is 350 g/mol. The van der Waals surface area contributed by atoms with Gasteiger partial charge >= 0.3 is 0 Å². The Morgan fingerprint density at radius 2 is 2.08 bits per heavy atom. The second-order valence-electron chi connectivity index (χ2n) is 6.49. The lowest BCUT2D eigenvalue weighted by atomic mass is 10.0. The molecule has 0 bridgehead atoms. The molecule has 0 amide bonds. The summed E-state index contributed by atoms with van der Waals surface area (Å²) in [6.45, 7) is 2.17. The molecule has 1 atom stereocenters. The molecule has 3 heterocycles. The third-order valence-corrected chi connectivity index (χ3v) is 5.10. The fourth-order valence-corrected chi connectivity index (χ4v) is 3.49. The first-order valence-corrected chi connectivity index (χ1v) is 8.93. The lowest BCUT2D eigenvalue weighted by Gasteiger charge is -2.31. The summed E-state index contributed by atoms with van der Waals surface area (Å²) in [5.41, 5.74) is 2.92. The topological polar surface area (TPSA) is 55.5 Å². The second kappa shape index (κ2) is 6.61. The largest absolute Gasteiger partial charge is 0.495 e. The molecule has 0 saturated heterocycles. The van der Waals surface area contributed by atoms with Gasteiger partial charge < -0.3 is 9.30 Å². The van der Waals surface area contributed by atoms with Crippen LogP contribution >= 0.6 is 11.6 Å². The van der Waals surface area contributed by atoms with Gasteiger partial charge in [-0.25, -0.2) is 15.0 Å². The molecule has 0 saturated carbocycles. The zero-order chi connectivity index (χ0) is 18.3. The van der Waals surface area contributed by atoms with Crippen molar-refractivity contribution in [1.29, 1.82) is 0 Å². The third-order valence-electron chi connectivity index (χ3n) is 4.79. The lowest BCUT2D eigenvalue weighted by Crippen LogP contribution is -2.34. The Bertz CT molecular complexity index is 997. The monoisotopic (exact) mass is 369 g/mol. The fourth-order valence-electron chi connectivity index (χ4n) is 3.29. The molecule has 1 aliphatic heterocycles. The van der Waals surface area contributed by atoms with E-state index >= 15 is 0 Å². The van der Waals surface area contributed by atoms with Crippen LogP contribution in [0.2, 0.25) is 5.02 Å². The van der Waals surface area contributed by atoms with E-state index in [1.807, 2.05) is 47.1 Å². The summed E-state index contributed by atoms with van der Waals surface area (Å²) in [6, 6.07) is 8.06. The van der Waals surface area contributed by atoms with Crippen LogP contribution in [-0.4, -0.2) is 33.4 Å². The molecule has 0 N–H and O–H groups in total. The minimum absolute atomic E-state index is 0.256. The molecular formula is C19H20ClN5O. The van der Waals surface area contributed by atoms with Gasteiger partial charge in [-0.05, 0) is 38.0 Å². The van der Waals surface area contributed by atoms with E-state index in [0.29, 0.717) is 10.8 Å². The normalized spacial score (nSPS) is 17.5. The van der Waals surface area contributed by atoms with E-state index < -0.39 is 0 Å². The number of nitrogens with zero attached hydrogens (tertiary/aromatic N) is 5. The van der Waals surface area contributed by atoms with Gasteiger partial charge in [0.25, 0.3) is 0 Å². The zero-order valence-corrected chi connectivity index (χ0v) is 15.7. The van der Waals surface area contributed by atoms with Crippen LogP contribution < -0.4 is 9.75 Å². The predicted octanol–water partition coefficient (Wildman–Crippen LogP) is 4.02. The van der Waals surface area contributed by atoms with Gasteiger partial charge in [-0.15, -0.1) is 0 Å². The van der Waals surface area contributed by atoms with E-state index in [9.17, 15) is 0 Å². The highest BCUT2D eigenvalue weighted by Crippen LogP contribution is 2.31. The molecule has 1 aliphatic rings. The number of aromatic nitrogens is 3. The van der Waals surface area contributed by atoms with E-state index in [0.717, 1.165) is 41.0 Å². The molecule has 7 heteroatoms. The molecule has 4 rings (SSSR count). The smallest absolute Gasteiger partial charge is 0.161 e. The minimum atomic E-state index is 0.256. The Labute approximate surface area is 157 Å². The number of anilines is 1. The van der Waals surface area contributed by atoms with Crippen LogP contribution in [0.25, 0.3) is 11.0 Å². The maximum absolute atomic E-state index is 6.16. The number of rotatable bonds is 3. The van der Waals surface area contributed by atoms with E-state index in [1.165, 1.54) is 0 Å². The van der Waals surface area contributed by atoms with Crippen molar-refractivity contribution in [2.24, 2.45) is 12.1 Å². The van der Waals surface area contributed by atoms with Crippen LogP contribution in [0.1, 0.15) is 25.3 Å². The zero-order valence-electron chi connectivity index (χ0n) is 15.0. The SMILES string of the molecule is COc1cc(C2=NN(c3ncnc4c3ccn4C)C(C)CC2)ccc1Cl. The molecule has 1 unspecified atom stereocenters. The molecule has 26 heavy (non-hydrogen) atoms. The van der Waals surface area contributed by atoms with Crippen molar-refractivity contribution in [3.8, 4) is 5.75 Å². The molecule has 0 fully saturated rings. The number of ether oxygens (including phenoxy) is 1. The number of benzene rings is 1. The summed E-state index contributed by atoms with van der Waals surface area (Å²) < 4.78 is 7.34. The van der Waals surface area contributed by atoms with Crippen LogP contribution in [0.15, 0.2) is 41.9 Å².